The minimum atomic E-state index is -0.744. The van der Waals surface area contributed by atoms with Gasteiger partial charge in [0.05, 0.1) is 17.2 Å². The maximum atomic E-state index is 12.9. The number of likely N-dealkylation sites (N-methyl/N-ethyl adjacent to an activating group) is 1. The molecule has 0 aliphatic carbocycles. The van der Waals surface area contributed by atoms with E-state index in [1.54, 1.807) is 7.05 Å². The van der Waals surface area contributed by atoms with Crippen LogP contribution in [0.3, 0.4) is 0 Å². The fraction of sp³-hybridized carbons (Fsp3) is 0.462. The highest BCUT2D eigenvalue weighted by molar-refractivity contribution is 9.10. The lowest BCUT2D eigenvalue weighted by atomic mass is 10.3. The van der Waals surface area contributed by atoms with Crippen LogP contribution in [0.15, 0.2) is 22.7 Å². The second kappa shape index (κ2) is 8.18. The third-order valence-electron chi connectivity index (χ3n) is 2.51. The zero-order valence-electron chi connectivity index (χ0n) is 11.3. The predicted molar refractivity (Wildman–Crippen MR) is 75.1 cm³/mol. The lowest BCUT2D eigenvalue weighted by molar-refractivity contribution is -0.133. The minimum absolute atomic E-state index is 0.153. The third kappa shape index (κ3) is 5.44. The number of nitrogens with zero attached hydrogens (tertiary/aromatic N) is 1. The number of hydrogen-bond acceptors (Lipinski definition) is 4. The Labute approximate surface area is 125 Å². The number of hydrogen-bond donors (Lipinski definition) is 1. The highest BCUT2D eigenvalue weighted by Gasteiger charge is 2.14. The van der Waals surface area contributed by atoms with Gasteiger partial charge < -0.3 is 19.5 Å². The topological polar surface area (TPSA) is 59.0 Å². The van der Waals surface area contributed by atoms with Crippen LogP contribution in [0.25, 0.3) is 0 Å². The van der Waals surface area contributed by atoms with E-state index in [1.165, 1.54) is 30.2 Å². The van der Waals surface area contributed by atoms with Gasteiger partial charge in [-0.05, 0) is 34.1 Å². The Kier molecular flexibility index (Phi) is 6.90. The zero-order chi connectivity index (χ0) is 15.1. The van der Waals surface area contributed by atoms with Gasteiger partial charge in [0.1, 0.15) is 11.6 Å². The summed E-state index contributed by atoms with van der Waals surface area (Å²) in [7, 11) is 3.03. The first kappa shape index (κ1) is 16.9. The van der Waals surface area contributed by atoms with Crippen molar-refractivity contribution in [3.63, 3.8) is 0 Å². The van der Waals surface area contributed by atoms with Gasteiger partial charge in [0.15, 0.2) is 6.61 Å². The number of aliphatic hydroxyl groups excluding tert-OH is 1. The van der Waals surface area contributed by atoms with Crippen molar-refractivity contribution in [3.05, 3.63) is 28.5 Å². The van der Waals surface area contributed by atoms with Crippen molar-refractivity contribution in [1.29, 1.82) is 0 Å². The van der Waals surface area contributed by atoms with Crippen molar-refractivity contribution in [3.8, 4) is 5.75 Å². The van der Waals surface area contributed by atoms with Gasteiger partial charge in [0.25, 0.3) is 5.91 Å². The molecule has 0 heterocycles. The Morgan fingerprint density at radius 1 is 1.55 bits per heavy atom. The van der Waals surface area contributed by atoms with Gasteiger partial charge in [-0.1, -0.05) is 0 Å². The molecule has 1 rings (SSSR count). The summed E-state index contributed by atoms with van der Waals surface area (Å²) >= 11 is 3.15. The maximum Gasteiger partial charge on any atom is 0.260 e. The molecule has 1 N–H and O–H groups in total. The van der Waals surface area contributed by atoms with Crippen molar-refractivity contribution in [2.24, 2.45) is 0 Å². The molecular formula is C13H17BrFNO4. The number of rotatable bonds is 7. The molecule has 112 valence electrons. The van der Waals surface area contributed by atoms with Crippen molar-refractivity contribution >= 4 is 21.8 Å². The number of carbonyl (C=O) groups excluding carboxylic acids is 1. The first-order valence-electron chi connectivity index (χ1n) is 5.93. The van der Waals surface area contributed by atoms with Gasteiger partial charge in [-0.25, -0.2) is 4.39 Å². The minimum Gasteiger partial charge on any atom is -0.483 e. The first-order chi connectivity index (χ1) is 9.43. The zero-order valence-corrected chi connectivity index (χ0v) is 12.9. The van der Waals surface area contributed by atoms with Crippen LogP contribution in [0.2, 0.25) is 0 Å². The summed E-state index contributed by atoms with van der Waals surface area (Å²) in [5.41, 5.74) is 0. The molecule has 1 unspecified atom stereocenters. The molecule has 0 bridgehead atoms. The van der Waals surface area contributed by atoms with Crippen LogP contribution in [-0.4, -0.2) is 55.9 Å². The molecule has 1 aromatic carbocycles. The fourth-order valence-corrected chi connectivity index (χ4v) is 1.97. The molecule has 7 heteroatoms. The van der Waals surface area contributed by atoms with Gasteiger partial charge in [-0.15, -0.1) is 0 Å². The molecule has 0 saturated carbocycles. The molecule has 0 spiro atoms. The number of aliphatic hydroxyl groups is 1. The number of carbonyl (C=O) groups is 1. The SMILES string of the molecule is COCC(O)CN(C)C(=O)COc1ccc(F)cc1Br. The van der Waals surface area contributed by atoms with Crippen LogP contribution < -0.4 is 4.74 Å². The molecule has 0 fully saturated rings. The lowest BCUT2D eigenvalue weighted by Crippen LogP contribution is -2.38. The summed E-state index contributed by atoms with van der Waals surface area (Å²) in [5, 5.41) is 9.52. The Balaban J connectivity index is 2.46. The van der Waals surface area contributed by atoms with E-state index in [0.717, 1.165) is 0 Å². The van der Waals surface area contributed by atoms with Gasteiger partial charge >= 0.3 is 0 Å². The van der Waals surface area contributed by atoms with E-state index in [1.807, 2.05) is 0 Å². The normalized spacial score (nSPS) is 12.1. The van der Waals surface area contributed by atoms with Gasteiger partial charge in [0.2, 0.25) is 0 Å². The van der Waals surface area contributed by atoms with Crippen LogP contribution in [0.4, 0.5) is 4.39 Å². The van der Waals surface area contributed by atoms with E-state index in [2.05, 4.69) is 15.9 Å². The fourth-order valence-electron chi connectivity index (χ4n) is 1.50. The summed E-state index contributed by atoms with van der Waals surface area (Å²) in [5.74, 6) is -0.308. The van der Waals surface area contributed by atoms with Crippen molar-refractivity contribution < 1.29 is 23.8 Å². The maximum absolute atomic E-state index is 12.9. The quantitative estimate of drug-likeness (QED) is 0.809. The summed E-state index contributed by atoms with van der Waals surface area (Å²) < 4.78 is 23.4. The second-order valence-corrected chi connectivity index (χ2v) is 5.10. The van der Waals surface area contributed by atoms with Crippen LogP contribution in [0.5, 0.6) is 5.75 Å². The van der Waals surface area contributed by atoms with E-state index < -0.39 is 11.9 Å². The number of amides is 1. The monoisotopic (exact) mass is 349 g/mol. The van der Waals surface area contributed by atoms with Crippen molar-refractivity contribution in [2.45, 2.75) is 6.10 Å². The molecule has 0 aliphatic rings. The highest BCUT2D eigenvalue weighted by Crippen LogP contribution is 2.25. The average Bonchev–Trinajstić information content (AvgIpc) is 2.37. The van der Waals surface area contributed by atoms with Crippen LogP contribution >= 0.6 is 15.9 Å². The summed E-state index contributed by atoms with van der Waals surface area (Å²) in [6.45, 7) is 0.114. The molecule has 0 aromatic heterocycles. The van der Waals surface area contributed by atoms with E-state index >= 15 is 0 Å². The lowest BCUT2D eigenvalue weighted by Gasteiger charge is -2.20. The second-order valence-electron chi connectivity index (χ2n) is 4.25. The number of methoxy groups -OCH3 is 1. The van der Waals surface area contributed by atoms with Crippen LogP contribution in [-0.2, 0) is 9.53 Å². The highest BCUT2D eigenvalue weighted by atomic mass is 79.9. The molecular weight excluding hydrogens is 333 g/mol. The number of benzene rings is 1. The van der Waals surface area contributed by atoms with Gasteiger partial charge in [-0.2, -0.15) is 0 Å². The Bertz CT molecular complexity index is 458. The first-order valence-corrected chi connectivity index (χ1v) is 6.72. The molecule has 1 atom stereocenters. The predicted octanol–water partition coefficient (Wildman–Crippen LogP) is 1.43. The molecule has 0 saturated heterocycles. The molecule has 1 aromatic rings. The van der Waals surface area contributed by atoms with Crippen molar-refractivity contribution in [1.82, 2.24) is 4.90 Å². The molecule has 0 aliphatic heterocycles. The van der Waals surface area contributed by atoms with Gasteiger partial charge in [-0.3, -0.25) is 4.79 Å². The number of halogens is 2. The van der Waals surface area contributed by atoms with E-state index in [9.17, 15) is 14.3 Å². The molecule has 0 radical (unpaired) electrons. The number of ether oxygens (including phenoxy) is 2. The summed E-state index contributed by atoms with van der Waals surface area (Å²) in [6.07, 6.45) is -0.744. The summed E-state index contributed by atoms with van der Waals surface area (Å²) in [4.78, 5) is 13.1. The van der Waals surface area contributed by atoms with E-state index in [-0.39, 0.29) is 25.7 Å². The Morgan fingerprint density at radius 2 is 2.25 bits per heavy atom. The standard InChI is InChI=1S/C13H17BrFNO4/c1-16(6-10(17)7-19-2)13(18)8-20-12-4-3-9(15)5-11(12)14/h3-5,10,17H,6-8H2,1-2H3. The smallest absolute Gasteiger partial charge is 0.260 e. The largest absolute Gasteiger partial charge is 0.483 e. The van der Waals surface area contributed by atoms with Crippen LogP contribution in [0, 0.1) is 5.82 Å². The Morgan fingerprint density at radius 3 is 2.85 bits per heavy atom. The van der Waals surface area contributed by atoms with E-state index in [0.29, 0.717) is 10.2 Å². The van der Waals surface area contributed by atoms with Crippen LogP contribution in [0.1, 0.15) is 0 Å². The Hall–Kier alpha value is -1.18. The molecule has 5 nitrogen and oxygen atoms in total. The average molecular weight is 350 g/mol. The van der Waals surface area contributed by atoms with E-state index in [4.69, 9.17) is 9.47 Å². The summed E-state index contributed by atoms with van der Waals surface area (Å²) in [6, 6.07) is 3.94. The molecule has 20 heavy (non-hydrogen) atoms. The molecule has 1 amide bonds. The van der Waals surface area contributed by atoms with Crippen molar-refractivity contribution in [2.75, 3.05) is 33.9 Å². The van der Waals surface area contributed by atoms with Gasteiger partial charge in [0, 0.05) is 20.7 Å². The third-order valence-corrected chi connectivity index (χ3v) is 3.13.